The molecule has 1 aliphatic rings. The van der Waals surface area contributed by atoms with Gasteiger partial charge in [-0.15, -0.1) is 0 Å². The van der Waals surface area contributed by atoms with Crippen LogP contribution in [0.25, 0.3) is 0 Å². The summed E-state index contributed by atoms with van der Waals surface area (Å²) in [6, 6.07) is 5.65. The lowest BCUT2D eigenvalue weighted by Gasteiger charge is -2.16. The minimum atomic E-state index is 0.000797. The maximum Gasteiger partial charge on any atom is 0.238 e. The molecule has 1 aliphatic heterocycles. The second-order valence-electron chi connectivity index (χ2n) is 5.48. The van der Waals surface area contributed by atoms with Crippen molar-refractivity contribution >= 4 is 23.2 Å². The SMILES string of the molecule is CNCC1CCN(CC(=O)Nc2ccc(C)cc2Cl)C1. The van der Waals surface area contributed by atoms with Crippen LogP contribution in [0.3, 0.4) is 0 Å². The lowest BCUT2D eigenvalue weighted by atomic mass is 10.1. The summed E-state index contributed by atoms with van der Waals surface area (Å²) in [4.78, 5) is 14.2. The summed E-state index contributed by atoms with van der Waals surface area (Å²) in [6.45, 7) is 5.40. The van der Waals surface area contributed by atoms with Gasteiger partial charge in [0.05, 0.1) is 17.3 Å². The van der Waals surface area contributed by atoms with Crippen molar-refractivity contribution < 1.29 is 4.79 Å². The van der Waals surface area contributed by atoms with E-state index in [1.807, 2.05) is 32.2 Å². The molecule has 1 fully saturated rings. The van der Waals surface area contributed by atoms with Gasteiger partial charge in [0.25, 0.3) is 0 Å². The Balaban J connectivity index is 1.84. The van der Waals surface area contributed by atoms with Gasteiger partial charge >= 0.3 is 0 Å². The van der Waals surface area contributed by atoms with E-state index in [0.717, 1.165) is 31.6 Å². The number of anilines is 1. The van der Waals surface area contributed by atoms with E-state index in [-0.39, 0.29) is 5.91 Å². The predicted octanol–water partition coefficient (Wildman–Crippen LogP) is 2.13. The molecule has 110 valence electrons. The van der Waals surface area contributed by atoms with Crippen LogP contribution in [0.5, 0.6) is 0 Å². The summed E-state index contributed by atoms with van der Waals surface area (Å²) in [5, 5.41) is 6.66. The van der Waals surface area contributed by atoms with Crippen LogP contribution in [0.1, 0.15) is 12.0 Å². The molecule has 5 heteroatoms. The number of amides is 1. The van der Waals surface area contributed by atoms with Crippen LogP contribution in [-0.2, 0) is 4.79 Å². The number of hydrogen-bond donors (Lipinski definition) is 2. The van der Waals surface area contributed by atoms with E-state index >= 15 is 0 Å². The number of rotatable bonds is 5. The second-order valence-corrected chi connectivity index (χ2v) is 5.89. The average Bonchev–Trinajstić information content (AvgIpc) is 2.81. The quantitative estimate of drug-likeness (QED) is 0.875. The zero-order chi connectivity index (χ0) is 14.5. The topological polar surface area (TPSA) is 44.4 Å². The Morgan fingerprint density at radius 2 is 2.30 bits per heavy atom. The first-order valence-corrected chi connectivity index (χ1v) is 7.39. The Morgan fingerprint density at radius 3 is 3.00 bits per heavy atom. The minimum Gasteiger partial charge on any atom is -0.324 e. The number of halogens is 1. The lowest BCUT2D eigenvalue weighted by molar-refractivity contribution is -0.117. The fourth-order valence-corrected chi connectivity index (χ4v) is 2.91. The van der Waals surface area contributed by atoms with E-state index in [4.69, 9.17) is 11.6 Å². The number of carbonyl (C=O) groups excluding carboxylic acids is 1. The molecule has 0 aromatic heterocycles. The van der Waals surface area contributed by atoms with E-state index < -0.39 is 0 Å². The summed E-state index contributed by atoms with van der Waals surface area (Å²) < 4.78 is 0. The van der Waals surface area contributed by atoms with Gasteiger partial charge < -0.3 is 10.6 Å². The molecule has 1 unspecified atom stereocenters. The van der Waals surface area contributed by atoms with Crippen LogP contribution < -0.4 is 10.6 Å². The fraction of sp³-hybridized carbons (Fsp3) is 0.533. The molecule has 1 saturated heterocycles. The van der Waals surface area contributed by atoms with Crippen LogP contribution in [0.15, 0.2) is 18.2 Å². The highest BCUT2D eigenvalue weighted by Crippen LogP contribution is 2.23. The van der Waals surface area contributed by atoms with Crippen molar-refractivity contribution in [2.45, 2.75) is 13.3 Å². The molecule has 1 heterocycles. The van der Waals surface area contributed by atoms with Gasteiger partial charge in [-0.2, -0.15) is 0 Å². The minimum absolute atomic E-state index is 0.000797. The molecule has 0 aliphatic carbocycles. The van der Waals surface area contributed by atoms with Gasteiger partial charge in [-0.3, -0.25) is 9.69 Å². The second kappa shape index (κ2) is 7.07. The molecule has 1 atom stereocenters. The normalized spacial score (nSPS) is 19.2. The Labute approximate surface area is 125 Å². The average molecular weight is 296 g/mol. The van der Waals surface area contributed by atoms with E-state index in [1.54, 1.807) is 0 Å². The van der Waals surface area contributed by atoms with Crippen LogP contribution >= 0.6 is 11.6 Å². The fourth-order valence-electron chi connectivity index (χ4n) is 2.63. The van der Waals surface area contributed by atoms with Crippen LogP contribution in [0, 0.1) is 12.8 Å². The predicted molar refractivity (Wildman–Crippen MR) is 83.3 cm³/mol. The zero-order valence-corrected chi connectivity index (χ0v) is 12.8. The highest BCUT2D eigenvalue weighted by atomic mass is 35.5. The van der Waals surface area contributed by atoms with Crippen molar-refractivity contribution in [2.24, 2.45) is 5.92 Å². The van der Waals surface area contributed by atoms with E-state index in [2.05, 4.69) is 15.5 Å². The van der Waals surface area contributed by atoms with Gasteiger partial charge in [-0.1, -0.05) is 17.7 Å². The van der Waals surface area contributed by atoms with Gasteiger partial charge in [0, 0.05) is 6.54 Å². The number of likely N-dealkylation sites (tertiary alicyclic amines) is 1. The zero-order valence-electron chi connectivity index (χ0n) is 12.1. The molecule has 0 spiro atoms. The van der Waals surface area contributed by atoms with Crippen molar-refractivity contribution in [3.8, 4) is 0 Å². The van der Waals surface area contributed by atoms with Gasteiger partial charge in [-0.25, -0.2) is 0 Å². The molecule has 2 rings (SSSR count). The number of carbonyl (C=O) groups is 1. The maximum atomic E-state index is 12.0. The Kier molecular flexibility index (Phi) is 5.40. The Bertz CT molecular complexity index is 478. The molecular weight excluding hydrogens is 274 g/mol. The van der Waals surface area contributed by atoms with Crippen molar-refractivity contribution in [2.75, 3.05) is 38.5 Å². The molecular formula is C15H22ClN3O. The summed E-state index contributed by atoms with van der Waals surface area (Å²) in [5.41, 5.74) is 1.77. The van der Waals surface area contributed by atoms with Gasteiger partial charge in [-0.05, 0) is 57.1 Å². The van der Waals surface area contributed by atoms with Crippen LogP contribution in [-0.4, -0.2) is 44.0 Å². The van der Waals surface area contributed by atoms with E-state index in [1.165, 1.54) is 0 Å². The third-order valence-corrected chi connectivity index (χ3v) is 3.94. The summed E-state index contributed by atoms with van der Waals surface area (Å²) in [6.07, 6.45) is 1.15. The molecule has 2 N–H and O–H groups in total. The molecule has 1 aromatic rings. The van der Waals surface area contributed by atoms with Crippen LogP contribution in [0.4, 0.5) is 5.69 Å². The highest BCUT2D eigenvalue weighted by Gasteiger charge is 2.23. The summed E-state index contributed by atoms with van der Waals surface area (Å²) in [7, 11) is 1.97. The van der Waals surface area contributed by atoms with Gasteiger partial charge in [0.2, 0.25) is 5.91 Å². The molecule has 20 heavy (non-hydrogen) atoms. The third-order valence-electron chi connectivity index (χ3n) is 3.63. The first-order valence-electron chi connectivity index (χ1n) is 7.01. The molecule has 1 amide bonds. The first-order chi connectivity index (χ1) is 9.58. The van der Waals surface area contributed by atoms with Crippen LogP contribution in [0.2, 0.25) is 5.02 Å². The van der Waals surface area contributed by atoms with Crippen molar-refractivity contribution in [3.05, 3.63) is 28.8 Å². The molecule has 0 radical (unpaired) electrons. The Hall–Kier alpha value is -1.10. The summed E-state index contributed by atoms with van der Waals surface area (Å²) in [5.74, 6) is 0.650. The van der Waals surface area contributed by atoms with Gasteiger partial charge in [0.15, 0.2) is 0 Å². The largest absolute Gasteiger partial charge is 0.324 e. The molecule has 0 bridgehead atoms. The molecule has 0 saturated carbocycles. The van der Waals surface area contributed by atoms with Crippen molar-refractivity contribution in [1.82, 2.24) is 10.2 Å². The molecule has 1 aromatic carbocycles. The standard InChI is InChI=1S/C15H22ClN3O/c1-11-3-4-14(13(16)7-11)18-15(20)10-19-6-5-12(9-19)8-17-2/h3-4,7,12,17H,5-6,8-10H2,1-2H3,(H,18,20). The maximum absolute atomic E-state index is 12.0. The Morgan fingerprint density at radius 1 is 1.50 bits per heavy atom. The number of nitrogens with zero attached hydrogens (tertiary/aromatic N) is 1. The van der Waals surface area contributed by atoms with E-state index in [0.29, 0.717) is 23.2 Å². The lowest BCUT2D eigenvalue weighted by Crippen LogP contribution is -2.32. The highest BCUT2D eigenvalue weighted by molar-refractivity contribution is 6.33. The van der Waals surface area contributed by atoms with Crippen molar-refractivity contribution in [1.29, 1.82) is 0 Å². The van der Waals surface area contributed by atoms with Gasteiger partial charge in [0.1, 0.15) is 0 Å². The van der Waals surface area contributed by atoms with E-state index in [9.17, 15) is 4.79 Å². The number of nitrogens with one attached hydrogen (secondary N) is 2. The first kappa shape index (κ1) is 15.3. The summed E-state index contributed by atoms with van der Waals surface area (Å²) >= 11 is 6.12. The number of hydrogen-bond acceptors (Lipinski definition) is 3. The monoisotopic (exact) mass is 295 g/mol. The number of aryl methyl sites for hydroxylation is 1. The molecule has 4 nitrogen and oxygen atoms in total. The smallest absolute Gasteiger partial charge is 0.238 e. The van der Waals surface area contributed by atoms with Crippen molar-refractivity contribution in [3.63, 3.8) is 0 Å². The number of benzene rings is 1. The third kappa shape index (κ3) is 4.20.